The van der Waals surface area contributed by atoms with E-state index in [-0.39, 0.29) is 24.3 Å². The number of amides is 2. The Labute approximate surface area is 162 Å². The van der Waals surface area contributed by atoms with Crippen molar-refractivity contribution in [2.24, 2.45) is 0 Å². The quantitative estimate of drug-likeness (QED) is 0.862. The van der Waals surface area contributed by atoms with Crippen LogP contribution in [0.25, 0.3) is 0 Å². The fourth-order valence-electron chi connectivity index (χ4n) is 3.81. The van der Waals surface area contributed by atoms with E-state index in [1.807, 2.05) is 12.1 Å². The average Bonchev–Trinajstić information content (AvgIpc) is 3.01. The van der Waals surface area contributed by atoms with E-state index in [9.17, 15) is 14.0 Å². The highest BCUT2D eigenvalue weighted by Crippen LogP contribution is 2.35. The van der Waals surface area contributed by atoms with Crippen LogP contribution in [0, 0.1) is 5.82 Å². The van der Waals surface area contributed by atoms with Crippen molar-refractivity contribution in [1.29, 1.82) is 0 Å². The maximum absolute atomic E-state index is 13.4. The first-order valence-corrected chi connectivity index (χ1v) is 9.49. The lowest BCUT2D eigenvalue weighted by Gasteiger charge is -2.33. The van der Waals surface area contributed by atoms with Gasteiger partial charge in [0.15, 0.2) is 0 Å². The zero-order valence-electron chi connectivity index (χ0n) is 15.4. The number of carbonyl (C=O) groups excluding carboxylic acids is 2. The molecule has 2 aliphatic rings. The van der Waals surface area contributed by atoms with Crippen molar-refractivity contribution in [3.8, 4) is 0 Å². The highest BCUT2D eigenvalue weighted by Gasteiger charge is 2.34. The van der Waals surface area contributed by atoms with Gasteiger partial charge in [-0.3, -0.25) is 14.6 Å². The maximum atomic E-state index is 13.4. The first-order valence-electron chi connectivity index (χ1n) is 9.49. The van der Waals surface area contributed by atoms with Gasteiger partial charge in [-0.2, -0.15) is 0 Å². The highest BCUT2D eigenvalue weighted by molar-refractivity contribution is 6.04. The Hall–Kier alpha value is -2.80. The minimum absolute atomic E-state index is 0.0308. The first-order chi connectivity index (χ1) is 13.6. The number of hydrogen-bond acceptors (Lipinski definition) is 4. The third-order valence-corrected chi connectivity index (χ3v) is 5.28. The van der Waals surface area contributed by atoms with E-state index in [4.69, 9.17) is 4.74 Å². The molecule has 146 valence electrons. The molecule has 0 aliphatic carbocycles. The monoisotopic (exact) mass is 383 g/mol. The summed E-state index contributed by atoms with van der Waals surface area (Å²) >= 11 is 0. The molecule has 6 nitrogen and oxygen atoms in total. The first kappa shape index (κ1) is 18.6. The van der Waals surface area contributed by atoms with Crippen LogP contribution in [0.1, 0.15) is 36.3 Å². The van der Waals surface area contributed by atoms with Gasteiger partial charge >= 0.3 is 0 Å². The van der Waals surface area contributed by atoms with Gasteiger partial charge < -0.3 is 15.0 Å². The number of aromatic nitrogens is 1. The minimum atomic E-state index is -0.570. The number of carbonyl (C=O) groups is 2. The molecule has 1 fully saturated rings. The van der Waals surface area contributed by atoms with Gasteiger partial charge in [-0.25, -0.2) is 4.39 Å². The molecule has 2 unspecified atom stereocenters. The lowest BCUT2D eigenvalue weighted by Crippen LogP contribution is -2.43. The standard InChI is InChI=1S/C21H22FN3O3/c22-15-5-6-17-18(21(27)24-19(17)9-15)10-20(26)25-8-2-4-16(12-25)28-13-14-3-1-7-23-11-14/h1,3,5-7,9,11,16,18H,2,4,8,10,12-13H2,(H,24,27). The number of rotatable bonds is 5. The Morgan fingerprint density at radius 2 is 2.25 bits per heavy atom. The topological polar surface area (TPSA) is 71.5 Å². The molecule has 7 heteroatoms. The van der Waals surface area contributed by atoms with E-state index < -0.39 is 11.7 Å². The Morgan fingerprint density at radius 1 is 1.36 bits per heavy atom. The number of fused-ring (bicyclic) bond motifs is 1. The molecular formula is C21H22FN3O3. The van der Waals surface area contributed by atoms with Gasteiger partial charge in [0.1, 0.15) is 5.82 Å². The summed E-state index contributed by atoms with van der Waals surface area (Å²) < 4.78 is 19.3. The highest BCUT2D eigenvalue weighted by atomic mass is 19.1. The van der Waals surface area contributed by atoms with Gasteiger partial charge in [0.2, 0.25) is 11.8 Å². The van der Waals surface area contributed by atoms with Gasteiger partial charge in [0.25, 0.3) is 0 Å². The fourth-order valence-corrected chi connectivity index (χ4v) is 3.81. The second-order valence-electron chi connectivity index (χ2n) is 7.25. The Balaban J connectivity index is 1.35. The molecule has 2 amide bonds. The van der Waals surface area contributed by atoms with Crippen LogP contribution in [0.2, 0.25) is 0 Å². The van der Waals surface area contributed by atoms with Crippen LogP contribution in [-0.4, -0.2) is 40.9 Å². The molecule has 1 saturated heterocycles. The van der Waals surface area contributed by atoms with Crippen LogP contribution in [0.3, 0.4) is 0 Å². The predicted molar refractivity (Wildman–Crippen MR) is 101 cm³/mol. The molecule has 28 heavy (non-hydrogen) atoms. The molecule has 0 spiro atoms. The normalized spacial score (nSPS) is 21.3. The summed E-state index contributed by atoms with van der Waals surface area (Å²) in [5.74, 6) is -1.31. The van der Waals surface area contributed by atoms with E-state index in [0.29, 0.717) is 30.9 Å². The Kier molecular flexibility index (Phi) is 5.34. The van der Waals surface area contributed by atoms with E-state index in [0.717, 1.165) is 18.4 Å². The number of ether oxygens (including phenoxy) is 1. The fraction of sp³-hybridized carbons (Fsp3) is 0.381. The Bertz CT molecular complexity index is 874. The molecule has 4 rings (SSSR count). The summed E-state index contributed by atoms with van der Waals surface area (Å²) in [5, 5.41) is 2.66. The summed E-state index contributed by atoms with van der Waals surface area (Å²) in [7, 11) is 0. The third kappa shape index (κ3) is 4.04. The van der Waals surface area contributed by atoms with Gasteiger partial charge in [-0.15, -0.1) is 0 Å². The van der Waals surface area contributed by atoms with Gasteiger partial charge in [-0.05, 0) is 42.2 Å². The van der Waals surface area contributed by atoms with Crippen molar-refractivity contribution in [2.75, 3.05) is 18.4 Å². The smallest absolute Gasteiger partial charge is 0.232 e. The van der Waals surface area contributed by atoms with Crippen LogP contribution >= 0.6 is 0 Å². The molecule has 1 aromatic heterocycles. The lowest BCUT2D eigenvalue weighted by atomic mass is 9.96. The summed E-state index contributed by atoms with van der Waals surface area (Å²) in [6.45, 7) is 1.64. The van der Waals surface area contributed by atoms with Crippen molar-refractivity contribution in [3.05, 3.63) is 59.7 Å². The predicted octanol–water partition coefficient (Wildman–Crippen LogP) is 2.85. The molecule has 2 aromatic rings. The second-order valence-corrected chi connectivity index (χ2v) is 7.25. The Morgan fingerprint density at radius 3 is 3.07 bits per heavy atom. The van der Waals surface area contributed by atoms with Gasteiger partial charge in [-0.1, -0.05) is 12.1 Å². The molecule has 1 N–H and O–H groups in total. The second kappa shape index (κ2) is 8.06. The number of anilines is 1. The van der Waals surface area contributed by atoms with Crippen molar-refractivity contribution >= 4 is 17.5 Å². The molecule has 1 aromatic carbocycles. The van der Waals surface area contributed by atoms with Crippen LogP contribution in [0.15, 0.2) is 42.7 Å². The average molecular weight is 383 g/mol. The molecule has 2 aliphatic heterocycles. The molecule has 0 radical (unpaired) electrons. The van der Waals surface area contributed by atoms with Crippen molar-refractivity contribution < 1.29 is 18.7 Å². The molecule has 2 atom stereocenters. The summed E-state index contributed by atoms with van der Waals surface area (Å²) in [6.07, 6.45) is 5.30. The van der Waals surface area contributed by atoms with E-state index in [2.05, 4.69) is 10.3 Å². The van der Waals surface area contributed by atoms with E-state index >= 15 is 0 Å². The largest absolute Gasteiger partial charge is 0.372 e. The zero-order chi connectivity index (χ0) is 19.5. The molecule has 0 saturated carbocycles. The molecular weight excluding hydrogens is 361 g/mol. The van der Waals surface area contributed by atoms with Crippen LogP contribution in [0.5, 0.6) is 0 Å². The van der Waals surface area contributed by atoms with E-state index in [1.165, 1.54) is 12.1 Å². The number of nitrogens with zero attached hydrogens (tertiary/aromatic N) is 2. The zero-order valence-corrected chi connectivity index (χ0v) is 15.4. The van der Waals surface area contributed by atoms with Crippen LogP contribution in [-0.2, 0) is 20.9 Å². The lowest BCUT2D eigenvalue weighted by molar-refractivity contribution is -0.137. The number of pyridine rings is 1. The molecule has 0 bridgehead atoms. The third-order valence-electron chi connectivity index (χ3n) is 5.28. The van der Waals surface area contributed by atoms with Gasteiger partial charge in [0, 0.05) is 37.6 Å². The van der Waals surface area contributed by atoms with Crippen LogP contribution < -0.4 is 5.32 Å². The number of benzene rings is 1. The summed E-state index contributed by atoms with van der Waals surface area (Å²) in [6, 6.07) is 8.01. The van der Waals surface area contributed by atoms with E-state index in [1.54, 1.807) is 23.4 Å². The summed E-state index contributed by atoms with van der Waals surface area (Å²) in [5.41, 5.74) is 2.14. The SMILES string of the molecule is O=C1Nc2cc(F)ccc2C1CC(=O)N1CCCC(OCc2cccnc2)C1. The number of likely N-dealkylation sites (tertiary alicyclic amines) is 1. The van der Waals surface area contributed by atoms with Gasteiger partial charge in [0.05, 0.1) is 18.6 Å². The number of piperidine rings is 1. The molecule has 3 heterocycles. The number of hydrogen-bond donors (Lipinski definition) is 1. The number of halogens is 1. The van der Waals surface area contributed by atoms with Crippen LogP contribution in [0.4, 0.5) is 10.1 Å². The maximum Gasteiger partial charge on any atom is 0.232 e. The summed E-state index contributed by atoms with van der Waals surface area (Å²) in [4.78, 5) is 30.9. The van der Waals surface area contributed by atoms with Crippen molar-refractivity contribution in [3.63, 3.8) is 0 Å². The number of nitrogens with one attached hydrogen (secondary N) is 1. The van der Waals surface area contributed by atoms with Crippen molar-refractivity contribution in [1.82, 2.24) is 9.88 Å². The minimum Gasteiger partial charge on any atom is -0.372 e. The van der Waals surface area contributed by atoms with Crippen molar-refractivity contribution in [2.45, 2.75) is 37.9 Å².